The molecule has 0 radical (unpaired) electrons. The standard InChI is InChI=1S/C77H122N18O20/c1-4-6-8-9-10-11-12-13-17-33-63(100)82-40-36-65(102)95(75(113)56(30-20-22-37-78)91-72(110)60(45-96)86-48(3)99)62(47-98)74(112)90-53(28-7-5-2)68(106)89-55(34-35-66(103)104)70(108)94-61(46-97)73(111)92-58(41-49-25-15-14-16-26-49)71(109)88-54(32-24-39-83-77(80)81)69(107)93-59(42-50-43-84-52-29-19-18-27-51(50)52)67(105)85-44-64(101)87-57(76(114)115)31-21-23-38-79/h14-16,18-19,25-27,29,43,53-62,84,96-98H,4-13,17,20-24,28,30-42,44-47,78-79H2,1-3H3,(H,82,100)(H,85,105)(H,86,99)(H,87,101)(H,88,109)(H,89,106)(H,90,112)(H,91,110)(H,92,111)(H,93,107)(H,94,108)(H,103,104)(H,114,115)(H4,80,81,83)/t53-,54-,55-,56-,57-,58+,59-,60-,61-,62-/m0/s1. The molecule has 38 heteroatoms. The number of fused-ring (bicyclic) bond motifs is 1. The van der Waals surface area contributed by atoms with Gasteiger partial charge in [0.1, 0.15) is 60.4 Å². The smallest absolute Gasteiger partial charge is 0.326 e. The molecule has 0 spiro atoms. The van der Waals surface area contributed by atoms with E-state index >= 15 is 0 Å². The number of amides is 13. The lowest BCUT2D eigenvalue weighted by molar-refractivity contribution is -0.156. The number of nitrogens with two attached hydrogens (primary N) is 3. The number of carbonyl (C=O) groups excluding carboxylic acids is 13. The number of guanidine groups is 1. The Morgan fingerprint density at radius 3 is 1.49 bits per heavy atom. The van der Waals surface area contributed by atoms with Crippen molar-refractivity contribution in [2.24, 2.45) is 17.2 Å². The fourth-order valence-corrected chi connectivity index (χ4v) is 12.4. The van der Waals surface area contributed by atoms with Gasteiger partial charge < -0.3 is 112 Å². The number of aliphatic hydroxyl groups excluding tert-OH is 3. The highest BCUT2D eigenvalue weighted by Gasteiger charge is 2.41. The van der Waals surface area contributed by atoms with Gasteiger partial charge >= 0.3 is 11.9 Å². The number of hydrogen-bond acceptors (Lipinski definition) is 21. The minimum absolute atomic E-state index is 0.00795. The highest BCUT2D eigenvalue weighted by Crippen LogP contribution is 2.21. The number of H-pyrrole nitrogens is 1. The molecule has 3 aromatic rings. The first-order chi connectivity index (χ1) is 55.1. The number of carboxylic acids is 2. The summed E-state index contributed by atoms with van der Waals surface area (Å²) in [5, 5.41) is 89.5. The van der Waals surface area contributed by atoms with Crippen LogP contribution in [0.5, 0.6) is 0 Å². The molecule has 1 heterocycles. The number of imide groups is 1. The first kappa shape index (κ1) is 98.5. The summed E-state index contributed by atoms with van der Waals surface area (Å²) in [4.78, 5) is 211. The molecule has 0 aliphatic carbocycles. The molecular formula is C77H122N18O20. The van der Waals surface area contributed by atoms with Crippen molar-refractivity contribution in [3.63, 3.8) is 0 Å². The molecular weight excluding hydrogens is 1500 g/mol. The van der Waals surface area contributed by atoms with E-state index in [1.807, 2.05) is 0 Å². The second-order valence-electron chi connectivity index (χ2n) is 28.1. The Morgan fingerprint density at radius 2 is 0.930 bits per heavy atom. The summed E-state index contributed by atoms with van der Waals surface area (Å²) >= 11 is 0. The monoisotopic (exact) mass is 1620 g/mol. The Labute approximate surface area is 669 Å². The summed E-state index contributed by atoms with van der Waals surface area (Å²) in [6.07, 6.45) is 9.15. The molecule has 0 aliphatic heterocycles. The number of aliphatic carboxylic acids is 2. The SMILES string of the molecule is CCCCCCCCCCCC(=O)NCCC(=O)N(C(=O)[C@H](CCCCN)NC(=O)[C@H](CO)NC(C)=O)[C@@H](CO)C(=O)N[C@@H](CCCC)C(=O)N[C@@H](CCC(=O)O)C(=O)N[C@@H](CO)C(=O)N[C@H](Cc1ccccc1)C(=O)N[C@@H](CCCNC(=N)N)C(=O)N[C@@H](Cc1c[nH]c2ccccc12)C(=O)NCC(=O)N[C@@H](CCCCN)C(=O)O. The third kappa shape index (κ3) is 37.9. The normalized spacial score (nSPS) is 13.7. The van der Waals surface area contributed by atoms with E-state index in [-0.39, 0.29) is 96.8 Å². The molecule has 0 aliphatic rings. The number of para-hydroxylation sites is 1. The number of aliphatic hydroxyl groups is 3. The quantitative estimate of drug-likeness (QED) is 0.0169. The first-order valence-corrected chi connectivity index (χ1v) is 39.5. The highest BCUT2D eigenvalue weighted by atomic mass is 16.4. The third-order valence-electron chi connectivity index (χ3n) is 18.7. The molecule has 2 aromatic carbocycles. The zero-order valence-electron chi connectivity index (χ0n) is 66.1. The highest BCUT2D eigenvalue weighted by molar-refractivity contribution is 6.05. The predicted octanol–water partition coefficient (Wildman–Crippen LogP) is -1.76. The number of hydrogen-bond donors (Lipinski definition) is 22. The van der Waals surface area contributed by atoms with Crippen molar-refractivity contribution in [2.45, 2.75) is 248 Å². The first-order valence-electron chi connectivity index (χ1n) is 39.5. The van der Waals surface area contributed by atoms with Crippen LogP contribution in [-0.2, 0) is 84.8 Å². The molecule has 10 atom stereocenters. The van der Waals surface area contributed by atoms with Crippen LogP contribution in [0.2, 0.25) is 0 Å². The van der Waals surface area contributed by atoms with Crippen molar-refractivity contribution in [2.75, 3.05) is 52.5 Å². The summed E-state index contributed by atoms with van der Waals surface area (Å²) < 4.78 is 0. The third-order valence-corrected chi connectivity index (χ3v) is 18.7. The molecule has 115 heavy (non-hydrogen) atoms. The lowest BCUT2D eigenvalue weighted by Crippen LogP contribution is -2.63. The Hall–Kier alpha value is -10.7. The van der Waals surface area contributed by atoms with Gasteiger partial charge in [-0.3, -0.25) is 77.4 Å². The fourth-order valence-electron chi connectivity index (χ4n) is 12.4. The van der Waals surface area contributed by atoms with Gasteiger partial charge in [-0.15, -0.1) is 0 Å². The van der Waals surface area contributed by atoms with E-state index < -0.39 is 201 Å². The lowest BCUT2D eigenvalue weighted by Gasteiger charge is -2.33. The Kier molecular flexibility index (Phi) is 47.7. The Morgan fingerprint density at radius 1 is 0.443 bits per heavy atom. The number of rotatable bonds is 60. The number of nitrogens with one attached hydrogen (secondary N) is 14. The maximum absolute atomic E-state index is 14.9. The minimum Gasteiger partial charge on any atom is -0.481 e. The molecule has 0 saturated carbocycles. The number of aromatic nitrogens is 1. The van der Waals surface area contributed by atoms with Crippen LogP contribution in [0.3, 0.4) is 0 Å². The maximum Gasteiger partial charge on any atom is 0.326 e. The molecule has 13 amide bonds. The van der Waals surface area contributed by atoms with Gasteiger partial charge in [-0.2, -0.15) is 0 Å². The largest absolute Gasteiger partial charge is 0.481 e. The summed E-state index contributed by atoms with van der Waals surface area (Å²) in [6, 6.07) is -1.96. The van der Waals surface area contributed by atoms with E-state index in [1.165, 1.54) is 6.42 Å². The van der Waals surface area contributed by atoms with Crippen LogP contribution < -0.4 is 81.0 Å². The summed E-state index contributed by atoms with van der Waals surface area (Å²) in [6.45, 7) is 0.783. The molecule has 1 aromatic heterocycles. The van der Waals surface area contributed by atoms with E-state index in [4.69, 9.17) is 22.6 Å². The molecule has 38 nitrogen and oxygen atoms in total. The number of nitrogens with zero attached hydrogens (tertiary/aromatic N) is 1. The maximum atomic E-state index is 14.9. The zero-order valence-corrected chi connectivity index (χ0v) is 66.1. The van der Waals surface area contributed by atoms with Gasteiger partial charge in [0.25, 0.3) is 5.91 Å². The van der Waals surface area contributed by atoms with Gasteiger partial charge in [0.15, 0.2) is 5.96 Å². The van der Waals surface area contributed by atoms with Crippen LogP contribution in [0.1, 0.15) is 186 Å². The number of benzene rings is 2. The van der Waals surface area contributed by atoms with Crippen LogP contribution in [-0.4, -0.2) is 243 Å². The van der Waals surface area contributed by atoms with Gasteiger partial charge in [-0.05, 0) is 101 Å². The van der Waals surface area contributed by atoms with Gasteiger partial charge in [0, 0.05) is 69.2 Å². The van der Waals surface area contributed by atoms with E-state index in [2.05, 4.69) is 75.7 Å². The van der Waals surface area contributed by atoms with Crippen LogP contribution in [0.15, 0.2) is 60.8 Å². The van der Waals surface area contributed by atoms with Crippen LogP contribution in [0.25, 0.3) is 10.9 Å². The van der Waals surface area contributed by atoms with Crippen molar-refractivity contribution in [3.05, 3.63) is 71.9 Å². The Bertz CT molecular complexity index is 3620. The van der Waals surface area contributed by atoms with Crippen LogP contribution in [0.4, 0.5) is 0 Å². The van der Waals surface area contributed by atoms with Crippen LogP contribution >= 0.6 is 0 Å². The van der Waals surface area contributed by atoms with Gasteiger partial charge in [0.05, 0.1) is 26.4 Å². The second kappa shape index (κ2) is 55.7. The van der Waals surface area contributed by atoms with Crippen molar-refractivity contribution in [1.82, 2.24) is 73.7 Å². The molecule has 0 bridgehead atoms. The minimum atomic E-state index is -2.19. The summed E-state index contributed by atoms with van der Waals surface area (Å²) in [5.41, 5.74) is 18.5. The summed E-state index contributed by atoms with van der Waals surface area (Å²) in [7, 11) is 0. The van der Waals surface area contributed by atoms with Crippen molar-refractivity contribution in [3.8, 4) is 0 Å². The fraction of sp³-hybridized carbons (Fsp3) is 0.610. The van der Waals surface area contributed by atoms with Crippen molar-refractivity contribution in [1.29, 1.82) is 5.41 Å². The van der Waals surface area contributed by atoms with Gasteiger partial charge in [-0.1, -0.05) is 127 Å². The van der Waals surface area contributed by atoms with E-state index in [9.17, 15) is 97.5 Å². The Balaban J connectivity index is 2.02. The molecule has 3 rings (SSSR count). The number of carbonyl (C=O) groups is 15. The number of unbranched alkanes of at least 4 members (excludes halogenated alkanes) is 11. The van der Waals surface area contributed by atoms with Crippen LogP contribution in [0, 0.1) is 5.41 Å². The van der Waals surface area contributed by atoms with Crippen molar-refractivity contribution >= 4 is 106 Å². The second-order valence-corrected chi connectivity index (χ2v) is 28.1. The topological polar surface area (TPSA) is 622 Å². The lowest BCUT2D eigenvalue weighted by atomic mass is 10.0. The average Bonchev–Trinajstić information content (AvgIpc) is 1.80. The molecule has 640 valence electrons. The van der Waals surface area contributed by atoms with E-state index in [0.29, 0.717) is 52.6 Å². The average molecular weight is 1620 g/mol. The van der Waals surface area contributed by atoms with Crippen molar-refractivity contribution < 1.29 is 97.5 Å². The van der Waals surface area contributed by atoms with E-state index in [0.717, 1.165) is 51.9 Å². The predicted molar refractivity (Wildman–Crippen MR) is 424 cm³/mol. The number of carboxylic acid groups (broad SMARTS) is 2. The molecule has 25 N–H and O–H groups in total. The zero-order chi connectivity index (χ0) is 85.2. The molecule has 0 unspecified atom stereocenters. The number of aromatic amines is 1. The van der Waals surface area contributed by atoms with E-state index in [1.54, 1.807) is 67.7 Å². The summed E-state index contributed by atoms with van der Waals surface area (Å²) in [5.74, 6) is -16.6. The molecule has 0 fully saturated rings. The molecule has 0 saturated heterocycles. The van der Waals surface area contributed by atoms with Gasteiger partial charge in [-0.25, -0.2) is 4.79 Å². The van der Waals surface area contributed by atoms with Gasteiger partial charge in [0.2, 0.25) is 70.9 Å².